The maximum absolute atomic E-state index is 13.3. The summed E-state index contributed by atoms with van der Waals surface area (Å²) >= 11 is 0. The number of carbonyl (C=O) groups excluding carboxylic acids is 2. The van der Waals surface area contributed by atoms with E-state index in [1.807, 2.05) is 0 Å². The minimum absolute atomic E-state index is 0.0277. The number of amides is 2. The average Bonchev–Trinajstić information content (AvgIpc) is 2.81. The highest BCUT2D eigenvalue weighted by Gasteiger charge is 2.41. The van der Waals surface area contributed by atoms with Crippen LogP contribution < -0.4 is 14.8 Å². The lowest BCUT2D eigenvalue weighted by Gasteiger charge is -2.39. The fraction of sp³-hybridized carbons (Fsp3) is 0.364. The first kappa shape index (κ1) is 27.1. The SMILES string of the molecule is COc1ccc(CNC(=O)[C@H]2CN(C(C)=O)CCN2S(=O)(=O)c2ccc(OC(F)(F)F)cc2)cc1O. The van der Waals surface area contributed by atoms with Crippen LogP contribution in [0, 0.1) is 0 Å². The quantitative estimate of drug-likeness (QED) is 0.559. The molecule has 36 heavy (non-hydrogen) atoms. The van der Waals surface area contributed by atoms with E-state index in [1.54, 1.807) is 6.07 Å². The van der Waals surface area contributed by atoms with Crippen molar-refractivity contribution in [1.82, 2.24) is 14.5 Å². The lowest BCUT2D eigenvalue weighted by Crippen LogP contribution is -2.61. The molecule has 1 fully saturated rings. The molecule has 10 nitrogen and oxygen atoms in total. The normalized spacial score (nSPS) is 16.9. The number of halogens is 3. The van der Waals surface area contributed by atoms with Gasteiger partial charge in [0.1, 0.15) is 11.8 Å². The van der Waals surface area contributed by atoms with E-state index in [4.69, 9.17) is 4.74 Å². The summed E-state index contributed by atoms with van der Waals surface area (Å²) in [6.45, 7) is 0.844. The standard InChI is InChI=1S/C22H24F3N3O7S/c1-14(29)27-9-10-28(36(32,33)17-6-4-16(5-7-17)35-22(23,24)25)18(13-27)21(31)26-12-15-3-8-20(34-2)19(30)11-15/h3-8,11,18,30H,9-10,12-13H2,1-2H3,(H,26,31)/t18-/m1/s1. The number of piperazine rings is 1. The zero-order valence-corrected chi connectivity index (χ0v) is 20.1. The van der Waals surface area contributed by atoms with Crippen LogP contribution in [0.2, 0.25) is 0 Å². The zero-order valence-electron chi connectivity index (χ0n) is 19.3. The van der Waals surface area contributed by atoms with Gasteiger partial charge < -0.3 is 24.8 Å². The predicted molar refractivity (Wildman–Crippen MR) is 120 cm³/mol. The number of sulfonamides is 1. The van der Waals surface area contributed by atoms with Gasteiger partial charge in [-0.1, -0.05) is 6.07 Å². The largest absolute Gasteiger partial charge is 0.573 e. The van der Waals surface area contributed by atoms with Crippen molar-refractivity contribution in [3.8, 4) is 17.2 Å². The molecule has 2 N–H and O–H groups in total. The highest BCUT2D eigenvalue weighted by Crippen LogP contribution is 2.28. The Balaban J connectivity index is 1.82. The molecule has 14 heteroatoms. The molecule has 0 radical (unpaired) electrons. The number of rotatable bonds is 7. The second-order valence-electron chi connectivity index (χ2n) is 7.84. The van der Waals surface area contributed by atoms with Crippen LogP contribution in [0.15, 0.2) is 47.4 Å². The topological polar surface area (TPSA) is 125 Å². The number of aromatic hydroxyl groups is 1. The minimum Gasteiger partial charge on any atom is -0.504 e. The van der Waals surface area contributed by atoms with E-state index < -0.39 is 34.1 Å². The van der Waals surface area contributed by atoms with Crippen molar-refractivity contribution in [1.29, 1.82) is 0 Å². The van der Waals surface area contributed by atoms with E-state index in [1.165, 1.54) is 31.1 Å². The summed E-state index contributed by atoms with van der Waals surface area (Å²) in [5.41, 5.74) is 0.510. The predicted octanol–water partition coefficient (Wildman–Crippen LogP) is 1.84. The Morgan fingerprint density at radius 1 is 1.14 bits per heavy atom. The molecular formula is C22H24F3N3O7S. The number of alkyl halides is 3. The second-order valence-corrected chi connectivity index (χ2v) is 9.73. The van der Waals surface area contributed by atoms with Crippen molar-refractivity contribution in [2.75, 3.05) is 26.7 Å². The average molecular weight is 532 g/mol. The van der Waals surface area contributed by atoms with Crippen LogP contribution in [-0.2, 0) is 26.2 Å². The van der Waals surface area contributed by atoms with E-state index in [0.29, 0.717) is 5.56 Å². The molecule has 2 aromatic rings. The Labute approximate surface area is 205 Å². The Hall–Kier alpha value is -3.52. The Morgan fingerprint density at radius 2 is 1.81 bits per heavy atom. The molecule has 1 aliphatic heterocycles. The van der Waals surface area contributed by atoms with Gasteiger partial charge in [0.25, 0.3) is 0 Å². The fourth-order valence-electron chi connectivity index (χ4n) is 3.65. The molecule has 0 saturated carbocycles. The number of nitrogens with one attached hydrogen (secondary N) is 1. The number of hydrogen-bond acceptors (Lipinski definition) is 7. The van der Waals surface area contributed by atoms with Gasteiger partial charge >= 0.3 is 6.36 Å². The molecule has 0 aliphatic carbocycles. The second kappa shape index (κ2) is 10.6. The fourth-order valence-corrected chi connectivity index (χ4v) is 5.23. The summed E-state index contributed by atoms with van der Waals surface area (Å²) in [6.07, 6.45) is -4.94. The molecule has 1 heterocycles. The van der Waals surface area contributed by atoms with E-state index in [9.17, 15) is 36.3 Å². The molecule has 2 amide bonds. The minimum atomic E-state index is -4.94. The molecule has 0 unspecified atom stereocenters. The Morgan fingerprint density at radius 3 is 2.36 bits per heavy atom. The van der Waals surface area contributed by atoms with Gasteiger partial charge in [0.2, 0.25) is 21.8 Å². The van der Waals surface area contributed by atoms with Crippen molar-refractivity contribution >= 4 is 21.8 Å². The number of phenols is 1. The van der Waals surface area contributed by atoms with Crippen molar-refractivity contribution in [3.63, 3.8) is 0 Å². The van der Waals surface area contributed by atoms with Crippen molar-refractivity contribution in [2.45, 2.75) is 30.8 Å². The third kappa shape index (κ3) is 6.37. The van der Waals surface area contributed by atoms with Gasteiger partial charge in [0.15, 0.2) is 11.5 Å². The highest BCUT2D eigenvalue weighted by molar-refractivity contribution is 7.89. The smallest absolute Gasteiger partial charge is 0.504 e. The van der Waals surface area contributed by atoms with Gasteiger partial charge in [-0.05, 0) is 42.0 Å². The summed E-state index contributed by atoms with van der Waals surface area (Å²) in [4.78, 5) is 25.9. The first-order valence-corrected chi connectivity index (χ1v) is 12.0. The van der Waals surface area contributed by atoms with Crippen LogP contribution in [0.5, 0.6) is 17.2 Å². The Bertz CT molecular complexity index is 1220. The van der Waals surface area contributed by atoms with Gasteiger partial charge in [-0.15, -0.1) is 13.2 Å². The monoisotopic (exact) mass is 531 g/mol. The molecule has 1 aliphatic rings. The number of hydrogen-bond donors (Lipinski definition) is 2. The molecule has 196 valence electrons. The van der Waals surface area contributed by atoms with Crippen LogP contribution in [0.3, 0.4) is 0 Å². The number of carbonyl (C=O) groups is 2. The van der Waals surface area contributed by atoms with Crippen molar-refractivity contribution in [3.05, 3.63) is 48.0 Å². The number of ether oxygens (including phenoxy) is 2. The van der Waals surface area contributed by atoms with Gasteiger partial charge in [-0.3, -0.25) is 9.59 Å². The Kier molecular flexibility index (Phi) is 7.99. The summed E-state index contributed by atoms with van der Waals surface area (Å²) in [5, 5.41) is 12.5. The summed E-state index contributed by atoms with van der Waals surface area (Å²) in [5.74, 6) is -1.56. The lowest BCUT2D eigenvalue weighted by atomic mass is 10.1. The zero-order chi connectivity index (χ0) is 26.7. The molecule has 2 aromatic carbocycles. The first-order valence-electron chi connectivity index (χ1n) is 10.6. The number of phenolic OH excluding ortho intramolecular Hbond substituents is 1. The lowest BCUT2D eigenvalue weighted by molar-refractivity contribution is -0.274. The van der Waals surface area contributed by atoms with Crippen molar-refractivity contribution in [2.24, 2.45) is 0 Å². The molecule has 1 atom stereocenters. The maximum atomic E-state index is 13.3. The molecule has 0 aromatic heterocycles. The molecule has 0 spiro atoms. The van der Waals surface area contributed by atoms with Crippen LogP contribution >= 0.6 is 0 Å². The number of methoxy groups -OCH3 is 1. The highest BCUT2D eigenvalue weighted by atomic mass is 32.2. The molecule has 3 rings (SSSR count). The third-order valence-corrected chi connectivity index (χ3v) is 7.38. The van der Waals surface area contributed by atoms with E-state index in [0.717, 1.165) is 28.6 Å². The van der Waals surface area contributed by atoms with Crippen LogP contribution in [0.25, 0.3) is 0 Å². The van der Waals surface area contributed by atoms with E-state index in [2.05, 4.69) is 10.1 Å². The van der Waals surface area contributed by atoms with Crippen LogP contribution in [0.1, 0.15) is 12.5 Å². The van der Waals surface area contributed by atoms with Gasteiger partial charge in [0, 0.05) is 33.1 Å². The van der Waals surface area contributed by atoms with E-state index in [-0.39, 0.29) is 48.5 Å². The van der Waals surface area contributed by atoms with Crippen LogP contribution in [0.4, 0.5) is 13.2 Å². The number of nitrogens with zero attached hydrogens (tertiary/aromatic N) is 2. The molecule has 1 saturated heterocycles. The van der Waals surface area contributed by atoms with Gasteiger partial charge in [0.05, 0.1) is 12.0 Å². The maximum Gasteiger partial charge on any atom is 0.573 e. The van der Waals surface area contributed by atoms with Crippen LogP contribution in [-0.4, -0.2) is 73.7 Å². The number of benzene rings is 2. The van der Waals surface area contributed by atoms with Gasteiger partial charge in [-0.2, -0.15) is 4.31 Å². The summed E-state index contributed by atoms with van der Waals surface area (Å²) in [6, 6.07) is 6.78. The molecule has 0 bridgehead atoms. The summed E-state index contributed by atoms with van der Waals surface area (Å²) in [7, 11) is -2.94. The summed E-state index contributed by atoms with van der Waals surface area (Å²) < 4.78 is 73.5. The first-order chi connectivity index (χ1) is 16.8. The van der Waals surface area contributed by atoms with E-state index >= 15 is 0 Å². The van der Waals surface area contributed by atoms with Gasteiger partial charge in [-0.25, -0.2) is 8.42 Å². The molecular weight excluding hydrogens is 507 g/mol. The van der Waals surface area contributed by atoms with Crippen molar-refractivity contribution < 1.29 is 45.8 Å². The third-order valence-electron chi connectivity index (χ3n) is 5.45.